The number of nitrogens with zero attached hydrogens (tertiary/aromatic N) is 2. The van der Waals surface area contributed by atoms with Gasteiger partial charge in [-0.3, -0.25) is 4.79 Å². The van der Waals surface area contributed by atoms with Crippen LogP contribution in [0.2, 0.25) is 0 Å². The van der Waals surface area contributed by atoms with Gasteiger partial charge in [-0.15, -0.1) is 0 Å². The Bertz CT molecular complexity index is 973. The molecule has 1 aromatic rings. The van der Waals surface area contributed by atoms with E-state index in [1.807, 2.05) is 13.8 Å². The van der Waals surface area contributed by atoms with Crippen molar-refractivity contribution in [2.24, 2.45) is 10.6 Å². The lowest BCUT2D eigenvalue weighted by molar-refractivity contribution is -0.137. The predicted octanol–water partition coefficient (Wildman–Crippen LogP) is 4.19. The molecule has 1 amide bonds. The average Bonchev–Trinajstić information content (AvgIpc) is 2.65. The van der Waals surface area contributed by atoms with Gasteiger partial charge in [-0.25, -0.2) is 8.42 Å². The van der Waals surface area contributed by atoms with Gasteiger partial charge in [-0.05, 0) is 43.9 Å². The fourth-order valence-corrected chi connectivity index (χ4v) is 5.51. The molecule has 2 rings (SSSR count). The smallest absolute Gasteiger partial charge is 0.386 e. The molecule has 0 saturated carbocycles. The topological polar surface area (TPSA) is 88.1 Å². The zero-order chi connectivity index (χ0) is 25.1. The highest BCUT2D eigenvalue weighted by Gasteiger charge is 2.34. The first kappa shape index (κ1) is 27.1. The third kappa shape index (κ3) is 8.29. The van der Waals surface area contributed by atoms with Crippen molar-refractivity contribution in [1.29, 1.82) is 0 Å². The lowest BCUT2D eigenvalue weighted by Gasteiger charge is -2.33. The molecule has 1 fully saturated rings. The molecule has 7 nitrogen and oxygen atoms in total. The van der Waals surface area contributed by atoms with Crippen LogP contribution < -0.4 is 5.32 Å². The Kier molecular flexibility index (Phi) is 8.22. The standard InChI is InChI=1S/C22H32F3N3O4S/c1-20(2,3)15-21(4,5)26-19(29)14-32-27-17-9-11-28(12-10-17)33(30,31)18-8-6-7-16(13-18)22(23,24)25/h6-8,13H,9-12,14-15H2,1-5H3,(H,26,29). The van der Waals surface area contributed by atoms with Gasteiger partial charge >= 0.3 is 6.18 Å². The first-order valence-corrected chi connectivity index (χ1v) is 12.1. The second-order valence-electron chi connectivity index (χ2n) is 10.0. The predicted molar refractivity (Wildman–Crippen MR) is 119 cm³/mol. The maximum atomic E-state index is 12.9. The Balaban J connectivity index is 1.90. The van der Waals surface area contributed by atoms with Gasteiger partial charge in [0.05, 0.1) is 16.2 Å². The fraction of sp³-hybridized carbons (Fsp3) is 0.636. The molecule has 186 valence electrons. The Morgan fingerprint density at radius 3 is 2.27 bits per heavy atom. The highest BCUT2D eigenvalue weighted by atomic mass is 32.2. The number of hydrogen-bond acceptors (Lipinski definition) is 5. The van der Waals surface area contributed by atoms with Crippen LogP contribution in [0.4, 0.5) is 13.2 Å². The summed E-state index contributed by atoms with van der Waals surface area (Å²) < 4.78 is 65.4. The van der Waals surface area contributed by atoms with Crippen LogP contribution in [0.25, 0.3) is 0 Å². The molecular formula is C22H32F3N3O4S. The van der Waals surface area contributed by atoms with Gasteiger partial charge in [0.15, 0.2) is 6.61 Å². The Hall–Kier alpha value is -2.14. The van der Waals surface area contributed by atoms with Crippen LogP contribution in [0.3, 0.4) is 0 Å². The van der Waals surface area contributed by atoms with Gasteiger partial charge in [-0.1, -0.05) is 32.0 Å². The number of benzene rings is 1. The molecule has 0 aromatic heterocycles. The molecule has 11 heteroatoms. The molecule has 1 aliphatic heterocycles. The summed E-state index contributed by atoms with van der Waals surface area (Å²) in [6.07, 6.45) is -3.33. The third-order valence-corrected chi connectivity index (χ3v) is 6.83. The summed E-state index contributed by atoms with van der Waals surface area (Å²) in [6.45, 7) is 9.99. The molecule has 0 spiro atoms. The van der Waals surface area contributed by atoms with E-state index >= 15 is 0 Å². The molecule has 1 aliphatic rings. The number of carbonyl (C=O) groups is 1. The van der Waals surface area contributed by atoms with E-state index in [4.69, 9.17) is 4.84 Å². The minimum absolute atomic E-state index is 0.0419. The number of carbonyl (C=O) groups excluding carboxylic acids is 1. The first-order valence-electron chi connectivity index (χ1n) is 10.7. The minimum Gasteiger partial charge on any atom is -0.386 e. The number of piperidine rings is 1. The van der Waals surface area contributed by atoms with Gasteiger partial charge in [0.1, 0.15) is 0 Å². The second-order valence-corrected chi connectivity index (χ2v) is 12.0. The van der Waals surface area contributed by atoms with Crippen molar-refractivity contribution in [2.75, 3.05) is 19.7 Å². The normalized spacial score (nSPS) is 16.4. The molecule has 33 heavy (non-hydrogen) atoms. The van der Waals surface area contributed by atoms with E-state index in [-0.39, 0.29) is 43.9 Å². The summed E-state index contributed by atoms with van der Waals surface area (Å²) in [5, 5.41) is 6.86. The van der Waals surface area contributed by atoms with Crippen LogP contribution in [0.5, 0.6) is 0 Å². The number of hydrogen-bond donors (Lipinski definition) is 1. The Labute approximate surface area is 193 Å². The molecule has 0 unspecified atom stereocenters. The first-order chi connectivity index (χ1) is 15.0. The highest BCUT2D eigenvalue weighted by Crippen LogP contribution is 2.31. The third-order valence-electron chi connectivity index (χ3n) is 4.94. The largest absolute Gasteiger partial charge is 0.416 e. The Morgan fingerprint density at radius 2 is 1.73 bits per heavy atom. The summed E-state index contributed by atoms with van der Waals surface area (Å²) >= 11 is 0. The van der Waals surface area contributed by atoms with E-state index in [0.717, 1.165) is 28.9 Å². The zero-order valence-electron chi connectivity index (χ0n) is 19.6. The second kappa shape index (κ2) is 10.0. The quantitative estimate of drug-likeness (QED) is 0.580. The van der Waals surface area contributed by atoms with Crippen molar-refractivity contribution < 1.29 is 31.2 Å². The number of halogens is 3. The number of sulfonamides is 1. The SMILES string of the molecule is CC(C)(C)CC(C)(C)NC(=O)CON=C1CCN(S(=O)(=O)c2cccc(C(F)(F)F)c2)CC1. The maximum Gasteiger partial charge on any atom is 0.416 e. The molecule has 0 atom stereocenters. The van der Waals surface area contributed by atoms with E-state index in [0.29, 0.717) is 11.8 Å². The number of alkyl halides is 3. The van der Waals surface area contributed by atoms with Gasteiger partial charge in [0.25, 0.3) is 5.91 Å². The molecular weight excluding hydrogens is 459 g/mol. The molecule has 1 N–H and O–H groups in total. The van der Waals surface area contributed by atoms with Gasteiger partial charge in [0.2, 0.25) is 10.0 Å². The summed E-state index contributed by atoms with van der Waals surface area (Å²) in [7, 11) is -4.06. The molecule has 1 aromatic carbocycles. The van der Waals surface area contributed by atoms with E-state index in [9.17, 15) is 26.4 Å². The summed E-state index contributed by atoms with van der Waals surface area (Å²) in [5.74, 6) is -0.307. The van der Waals surface area contributed by atoms with Gasteiger partial charge in [0, 0.05) is 31.5 Å². The summed E-state index contributed by atoms with van der Waals surface area (Å²) in [6, 6.07) is 3.70. The van der Waals surface area contributed by atoms with Crippen molar-refractivity contribution >= 4 is 21.6 Å². The number of rotatable bonds is 7. The molecule has 0 aliphatic carbocycles. The van der Waals surface area contributed by atoms with Crippen molar-refractivity contribution in [1.82, 2.24) is 9.62 Å². The zero-order valence-corrected chi connectivity index (χ0v) is 20.4. The molecule has 1 heterocycles. The summed E-state index contributed by atoms with van der Waals surface area (Å²) in [5.41, 5.74) is -0.790. The minimum atomic E-state index is -4.63. The van der Waals surface area contributed by atoms with Crippen LogP contribution in [-0.2, 0) is 25.8 Å². The highest BCUT2D eigenvalue weighted by molar-refractivity contribution is 7.89. The van der Waals surface area contributed by atoms with Crippen molar-refractivity contribution in [3.05, 3.63) is 29.8 Å². The fourth-order valence-electron chi connectivity index (χ4n) is 4.02. The number of amides is 1. The maximum absolute atomic E-state index is 12.9. The van der Waals surface area contributed by atoms with Crippen LogP contribution in [0.15, 0.2) is 34.3 Å². The monoisotopic (exact) mass is 491 g/mol. The molecule has 0 radical (unpaired) electrons. The molecule has 1 saturated heterocycles. The van der Waals surface area contributed by atoms with E-state index < -0.39 is 32.2 Å². The van der Waals surface area contributed by atoms with Crippen molar-refractivity contribution in [3.8, 4) is 0 Å². The van der Waals surface area contributed by atoms with E-state index in [2.05, 4.69) is 31.2 Å². The van der Waals surface area contributed by atoms with E-state index in [1.54, 1.807) is 0 Å². The van der Waals surface area contributed by atoms with Crippen molar-refractivity contribution in [2.45, 2.75) is 70.5 Å². The van der Waals surface area contributed by atoms with Crippen LogP contribution in [0, 0.1) is 5.41 Å². The van der Waals surface area contributed by atoms with Gasteiger partial charge < -0.3 is 10.2 Å². The Morgan fingerprint density at radius 1 is 1.12 bits per heavy atom. The number of oxime groups is 1. The van der Waals surface area contributed by atoms with E-state index in [1.165, 1.54) is 0 Å². The van der Waals surface area contributed by atoms with Crippen LogP contribution >= 0.6 is 0 Å². The van der Waals surface area contributed by atoms with Crippen LogP contribution in [-0.4, -0.2) is 49.6 Å². The molecule has 0 bridgehead atoms. The summed E-state index contributed by atoms with van der Waals surface area (Å²) in [4.78, 5) is 16.9. The van der Waals surface area contributed by atoms with Crippen LogP contribution in [0.1, 0.15) is 59.4 Å². The van der Waals surface area contributed by atoms with Gasteiger partial charge in [-0.2, -0.15) is 17.5 Å². The van der Waals surface area contributed by atoms with Crippen molar-refractivity contribution in [3.63, 3.8) is 0 Å². The lowest BCUT2D eigenvalue weighted by atomic mass is 9.82. The average molecular weight is 492 g/mol. The number of nitrogens with one attached hydrogen (secondary N) is 1. The lowest BCUT2D eigenvalue weighted by Crippen LogP contribution is -2.47.